The van der Waals surface area contributed by atoms with E-state index in [1.54, 1.807) is 24.3 Å². The van der Waals surface area contributed by atoms with E-state index < -0.39 is 23.3 Å². The number of fused-ring (bicyclic) bond motifs is 1. The number of amides is 1. The summed E-state index contributed by atoms with van der Waals surface area (Å²) in [5.41, 5.74) is 1.10. The number of hydrogen-bond donors (Lipinski definition) is 0. The normalized spacial score (nSPS) is 12.6. The Labute approximate surface area is 153 Å². The zero-order valence-corrected chi connectivity index (χ0v) is 14.0. The van der Waals surface area contributed by atoms with E-state index in [0.717, 1.165) is 4.90 Å². The second-order valence-electron chi connectivity index (χ2n) is 5.65. The molecule has 0 atom stereocenters. The number of non-ortho nitro benzene ring substituents is 1. The fourth-order valence-electron chi connectivity index (χ4n) is 2.49. The van der Waals surface area contributed by atoms with Crippen molar-refractivity contribution < 1.29 is 24.0 Å². The van der Waals surface area contributed by atoms with Crippen LogP contribution < -0.4 is 9.64 Å². The first-order valence-corrected chi connectivity index (χ1v) is 7.84. The van der Waals surface area contributed by atoms with E-state index in [1.807, 2.05) is 6.07 Å². The van der Waals surface area contributed by atoms with Crippen LogP contribution in [-0.2, 0) is 20.9 Å². The fourth-order valence-corrected chi connectivity index (χ4v) is 2.49. The molecule has 2 aromatic rings. The van der Waals surface area contributed by atoms with E-state index in [4.69, 9.17) is 14.7 Å². The number of carbonyl (C=O) groups excluding carboxylic acids is 2. The average Bonchev–Trinajstić information content (AvgIpc) is 2.68. The summed E-state index contributed by atoms with van der Waals surface area (Å²) in [5, 5.41) is 19.7. The molecule has 0 aliphatic carbocycles. The van der Waals surface area contributed by atoms with E-state index in [9.17, 15) is 19.7 Å². The highest BCUT2D eigenvalue weighted by Gasteiger charge is 2.29. The molecular weight excluding hydrogens is 354 g/mol. The highest BCUT2D eigenvalue weighted by Crippen LogP contribution is 2.35. The van der Waals surface area contributed by atoms with Gasteiger partial charge in [-0.1, -0.05) is 12.1 Å². The Bertz CT molecular complexity index is 949. The standard InChI is InChI=1S/C18H13N3O6/c19-8-12-1-3-13(4-2-12)10-27-18(23)9-20-15-7-14(21(24)25)5-6-16(15)26-11-17(20)22/h1-7H,9-11H2. The number of hydrogen-bond acceptors (Lipinski definition) is 7. The van der Waals surface area contributed by atoms with Gasteiger partial charge in [-0.25, -0.2) is 0 Å². The summed E-state index contributed by atoms with van der Waals surface area (Å²) in [7, 11) is 0. The Morgan fingerprint density at radius 1 is 1.30 bits per heavy atom. The van der Waals surface area contributed by atoms with Gasteiger partial charge in [-0.3, -0.25) is 24.6 Å². The summed E-state index contributed by atoms with van der Waals surface area (Å²) in [6.07, 6.45) is 0. The summed E-state index contributed by atoms with van der Waals surface area (Å²) in [4.78, 5) is 35.7. The van der Waals surface area contributed by atoms with Crippen molar-refractivity contribution in [2.75, 3.05) is 18.1 Å². The van der Waals surface area contributed by atoms with Gasteiger partial charge in [0.2, 0.25) is 0 Å². The molecule has 1 aliphatic heterocycles. The van der Waals surface area contributed by atoms with Crippen molar-refractivity contribution in [3.8, 4) is 11.8 Å². The van der Waals surface area contributed by atoms with Gasteiger partial charge in [0.05, 0.1) is 22.2 Å². The van der Waals surface area contributed by atoms with Crippen LogP contribution in [0.15, 0.2) is 42.5 Å². The van der Waals surface area contributed by atoms with Crippen LogP contribution in [-0.4, -0.2) is 30.0 Å². The summed E-state index contributed by atoms with van der Waals surface area (Å²) >= 11 is 0. The van der Waals surface area contributed by atoms with Crippen molar-refractivity contribution in [2.24, 2.45) is 0 Å². The van der Waals surface area contributed by atoms with Crippen molar-refractivity contribution in [1.82, 2.24) is 0 Å². The van der Waals surface area contributed by atoms with Crippen molar-refractivity contribution in [3.05, 3.63) is 63.7 Å². The first-order valence-electron chi connectivity index (χ1n) is 7.84. The molecule has 0 bridgehead atoms. The third kappa shape index (κ3) is 4.01. The maximum absolute atomic E-state index is 12.1. The van der Waals surface area contributed by atoms with E-state index in [1.165, 1.54) is 18.2 Å². The van der Waals surface area contributed by atoms with E-state index in [2.05, 4.69) is 0 Å². The molecule has 9 nitrogen and oxygen atoms in total. The average molecular weight is 367 g/mol. The van der Waals surface area contributed by atoms with Gasteiger partial charge in [0, 0.05) is 12.1 Å². The Morgan fingerprint density at radius 2 is 2.04 bits per heavy atom. The van der Waals surface area contributed by atoms with Crippen LogP contribution in [0.2, 0.25) is 0 Å². The fraction of sp³-hybridized carbons (Fsp3) is 0.167. The molecule has 0 aromatic heterocycles. The number of carbonyl (C=O) groups is 2. The van der Waals surface area contributed by atoms with Gasteiger partial charge in [-0.2, -0.15) is 5.26 Å². The van der Waals surface area contributed by atoms with Crippen LogP contribution in [0, 0.1) is 21.4 Å². The molecule has 1 aliphatic rings. The summed E-state index contributed by atoms with van der Waals surface area (Å²) in [5.74, 6) is -0.898. The number of esters is 1. The summed E-state index contributed by atoms with van der Waals surface area (Å²) in [6, 6.07) is 12.3. The van der Waals surface area contributed by atoms with Crippen LogP contribution in [0.4, 0.5) is 11.4 Å². The maximum atomic E-state index is 12.1. The molecule has 0 unspecified atom stereocenters. The minimum atomic E-state index is -0.674. The number of benzene rings is 2. The molecule has 0 saturated heterocycles. The quantitative estimate of drug-likeness (QED) is 0.449. The molecule has 27 heavy (non-hydrogen) atoms. The lowest BCUT2D eigenvalue weighted by Crippen LogP contribution is -2.42. The largest absolute Gasteiger partial charge is 0.482 e. The molecule has 0 radical (unpaired) electrons. The maximum Gasteiger partial charge on any atom is 0.326 e. The molecule has 136 valence electrons. The van der Waals surface area contributed by atoms with E-state index >= 15 is 0 Å². The Balaban J connectivity index is 1.70. The lowest BCUT2D eigenvalue weighted by Gasteiger charge is -2.28. The number of nitro groups is 1. The van der Waals surface area contributed by atoms with Crippen molar-refractivity contribution in [1.29, 1.82) is 5.26 Å². The zero-order valence-electron chi connectivity index (χ0n) is 14.0. The van der Waals surface area contributed by atoms with Gasteiger partial charge in [0.25, 0.3) is 11.6 Å². The molecule has 9 heteroatoms. The minimum Gasteiger partial charge on any atom is -0.482 e. The predicted octanol–water partition coefficient (Wildman–Crippen LogP) is 1.94. The first-order chi connectivity index (χ1) is 13.0. The highest BCUT2D eigenvalue weighted by molar-refractivity contribution is 6.01. The van der Waals surface area contributed by atoms with E-state index in [0.29, 0.717) is 11.1 Å². The smallest absolute Gasteiger partial charge is 0.326 e. The highest BCUT2D eigenvalue weighted by atomic mass is 16.6. The zero-order chi connectivity index (χ0) is 19.4. The summed E-state index contributed by atoms with van der Waals surface area (Å²) < 4.78 is 10.4. The van der Waals surface area contributed by atoms with Crippen LogP contribution >= 0.6 is 0 Å². The molecule has 3 rings (SSSR count). The van der Waals surface area contributed by atoms with Crippen LogP contribution in [0.1, 0.15) is 11.1 Å². The van der Waals surface area contributed by atoms with Gasteiger partial charge < -0.3 is 9.47 Å². The number of nitriles is 1. The molecule has 0 fully saturated rings. The monoisotopic (exact) mass is 367 g/mol. The van der Waals surface area contributed by atoms with E-state index in [-0.39, 0.29) is 30.3 Å². The van der Waals surface area contributed by atoms with Crippen molar-refractivity contribution in [3.63, 3.8) is 0 Å². The van der Waals surface area contributed by atoms with Gasteiger partial charge in [-0.05, 0) is 23.8 Å². The SMILES string of the molecule is N#Cc1ccc(COC(=O)CN2C(=O)COc3ccc([N+](=O)[O-])cc32)cc1. The molecule has 1 heterocycles. The van der Waals surface area contributed by atoms with Gasteiger partial charge in [-0.15, -0.1) is 0 Å². The van der Waals surface area contributed by atoms with Gasteiger partial charge in [0.1, 0.15) is 18.9 Å². The second-order valence-corrected chi connectivity index (χ2v) is 5.65. The number of anilines is 1. The number of rotatable bonds is 5. The number of ether oxygens (including phenoxy) is 2. The third-order valence-corrected chi connectivity index (χ3v) is 3.87. The van der Waals surface area contributed by atoms with Crippen LogP contribution in [0.5, 0.6) is 5.75 Å². The topological polar surface area (TPSA) is 123 Å². The Hall–Kier alpha value is -3.93. The first kappa shape index (κ1) is 17.9. The van der Waals surface area contributed by atoms with Crippen LogP contribution in [0.3, 0.4) is 0 Å². The van der Waals surface area contributed by atoms with Crippen molar-refractivity contribution in [2.45, 2.75) is 6.61 Å². The summed E-state index contributed by atoms with van der Waals surface area (Å²) in [6.45, 7) is -0.689. The van der Waals surface area contributed by atoms with Gasteiger partial charge >= 0.3 is 5.97 Å². The minimum absolute atomic E-state index is 0.0229. The van der Waals surface area contributed by atoms with Crippen LogP contribution in [0.25, 0.3) is 0 Å². The van der Waals surface area contributed by atoms with Crippen molar-refractivity contribution >= 4 is 23.3 Å². The third-order valence-electron chi connectivity index (χ3n) is 3.87. The number of nitro benzene ring substituents is 1. The number of nitrogens with zero attached hydrogens (tertiary/aromatic N) is 3. The molecule has 2 aromatic carbocycles. The molecule has 0 spiro atoms. The molecule has 0 saturated carbocycles. The Morgan fingerprint density at radius 3 is 2.70 bits per heavy atom. The predicted molar refractivity (Wildman–Crippen MR) is 91.9 cm³/mol. The second kappa shape index (κ2) is 7.53. The van der Waals surface area contributed by atoms with Gasteiger partial charge in [0.15, 0.2) is 6.61 Å². The lowest BCUT2D eigenvalue weighted by molar-refractivity contribution is -0.384. The lowest BCUT2D eigenvalue weighted by atomic mass is 10.2. The molecule has 0 N–H and O–H groups in total. The Kier molecular flexibility index (Phi) is 4.99. The molecular formula is C18H13N3O6. The molecule has 1 amide bonds.